The minimum atomic E-state index is -2.23. The lowest BCUT2D eigenvalue weighted by molar-refractivity contribution is 0.104. The summed E-state index contributed by atoms with van der Waals surface area (Å²) >= 11 is 3.30. The van der Waals surface area contributed by atoms with Crippen LogP contribution in [0.4, 0.5) is 8.78 Å². The first-order valence-electron chi connectivity index (χ1n) is 4.72. The molecule has 2 rings (SSSR count). The van der Waals surface area contributed by atoms with Gasteiger partial charge in [-0.25, -0.2) is 8.78 Å². The summed E-state index contributed by atoms with van der Waals surface area (Å²) in [5.74, 6) is -0.348. The van der Waals surface area contributed by atoms with Crippen molar-refractivity contribution < 1.29 is 8.78 Å². The minimum absolute atomic E-state index is 0.205. The lowest BCUT2D eigenvalue weighted by Crippen LogP contribution is -2.11. The maximum absolute atomic E-state index is 12.8. The van der Waals surface area contributed by atoms with Crippen LogP contribution in [0, 0.1) is 5.92 Å². The summed E-state index contributed by atoms with van der Waals surface area (Å²) in [6, 6.07) is 7.23. The molecular weight excluding hydrogens is 250 g/mol. The van der Waals surface area contributed by atoms with E-state index in [2.05, 4.69) is 15.9 Å². The van der Waals surface area contributed by atoms with Crippen LogP contribution in [0.15, 0.2) is 28.7 Å². The zero-order chi connectivity index (χ0) is 10.1. The first-order valence-corrected chi connectivity index (χ1v) is 5.51. The fourth-order valence-corrected chi connectivity index (χ4v) is 2.03. The van der Waals surface area contributed by atoms with Gasteiger partial charge in [0.25, 0.3) is 0 Å². The third-order valence-corrected chi connectivity index (χ3v) is 3.18. The maximum atomic E-state index is 12.8. The van der Waals surface area contributed by atoms with E-state index in [4.69, 9.17) is 0 Å². The fraction of sp³-hybridized carbons (Fsp3) is 0.455. The molecule has 0 nitrogen and oxygen atoms in total. The van der Waals surface area contributed by atoms with Gasteiger partial charge < -0.3 is 0 Å². The zero-order valence-electron chi connectivity index (χ0n) is 7.59. The minimum Gasteiger partial charge on any atom is -0.210 e. The third-order valence-electron chi connectivity index (χ3n) is 2.66. The summed E-state index contributed by atoms with van der Waals surface area (Å²) in [5.41, 5.74) is 0.769. The average Bonchev–Trinajstić information content (AvgIpc) is 2.92. The fourth-order valence-electron chi connectivity index (χ4n) is 1.76. The van der Waals surface area contributed by atoms with Crippen LogP contribution >= 0.6 is 15.9 Å². The van der Waals surface area contributed by atoms with Gasteiger partial charge in [0.15, 0.2) is 0 Å². The Hall–Kier alpha value is -0.440. The van der Waals surface area contributed by atoms with Crippen molar-refractivity contribution in [2.75, 3.05) is 0 Å². The number of halogens is 3. The van der Waals surface area contributed by atoms with Gasteiger partial charge in [0.1, 0.15) is 0 Å². The molecule has 1 saturated carbocycles. The van der Waals surface area contributed by atoms with Crippen molar-refractivity contribution in [3.05, 3.63) is 34.3 Å². The normalized spacial score (nSPS) is 18.6. The standard InChI is InChI=1S/C11H11BrF2/c12-9-5-3-8(4-6-9)10(11(13)14)7-1-2-7/h3-7,10-11H,1-2H2. The molecule has 76 valence electrons. The van der Waals surface area contributed by atoms with Crippen LogP contribution in [0.5, 0.6) is 0 Å². The zero-order valence-corrected chi connectivity index (χ0v) is 9.18. The molecule has 0 amide bonds. The summed E-state index contributed by atoms with van der Waals surface area (Å²) in [6.45, 7) is 0. The van der Waals surface area contributed by atoms with Crippen LogP contribution in [0.1, 0.15) is 24.3 Å². The molecule has 1 aromatic carbocycles. The molecule has 1 aliphatic carbocycles. The number of hydrogen-bond donors (Lipinski definition) is 0. The summed E-state index contributed by atoms with van der Waals surface area (Å²) in [4.78, 5) is 0. The summed E-state index contributed by atoms with van der Waals surface area (Å²) < 4.78 is 26.5. The van der Waals surface area contributed by atoms with Gasteiger partial charge in [-0.2, -0.15) is 0 Å². The van der Waals surface area contributed by atoms with Crippen LogP contribution in [0.25, 0.3) is 0 Å². The van der Waals surface area contributed by atoms with Crippen molar-refractivity contribution in [1.29, 1.82) is 0 Å². The van der Waals surface area contributed by atoms with Gasteiger partial charge in [0.2, 0.25) is 6.43 Å². The predicted octanol–water partition coefficient (Wildman–Crippen LogP) is 4.21. The maximum Gasteiger partial charge on any atom is 0.245 e. The summed E-state index contributed by atoms with van der Waals surface area (Å²) in [7, 11) is 0. The lowest BCUT2D eigenvalue weighted by atomic mass is 9.95. The Morgan fingerprint density at radius 3 is 2.14 bits per heavy atom. The van der Waals surface area contributed by atoms with E-state index in [1.807, 2.05) is 12.1 Å². The molecule has 14 heavy (non-hydrogen) atoms. The largest absolute Gasteiger partial charge is 0.245 e. The Kier molecular flexibility index (Phi) is 2.86. The highest BCUT2D eigenvalue weighted by Gasteiger charge is 2.38. The second-order valence-corrected chi connectivity index (χ2v) is 4.66. The van der Waals surface area contributed by atoms with Gasteiger partial charge in [0.05, 0.1) is 0 Å². The van der Waals surface area contributed by atoms with Crippen molar-refractivity contribution in [2.45, 2.75) is 25.2 Å². The molecule has 1 unspecified atom stereocenters. The van der Waals surface area contributed by atoms with Crippen LogP contribution in [0.2, 0.25) is 0 Å². The number of hydrogen-bond acceptors (Lipinski definition) is 0. The second kappa shape index (κ2) is 3.97. The quantitative estimate of drug-likeness (QED) is 0.764. The van der Waals surface area contributed by atoms with Gasteiger partial charge >= 0.3 is 0 Å². The molecule has 0 aliphatic heterocycles. The molecule has 1 atom stereocenters. The molecule has 1 aromatic rings. The van der Waals surface area contributed by atoms with E-state index in [1.165, 1.54) is 0 Å². The van der Waals surface area contributed by atoms with Crippen molar-refractivity contribution in [2.24, 2.45) is 5.92 Å². The average molecular weight is 261 g/mol. The SMILES string of the molecule is FC(F)C(c1ccc(Br)cc1)C1CC1. The van der Waals surface area contributed by atoms with E-state index < -0.39 is 12.3 Å². The Balaban J connectivity index is 2.21. The Morgan fingerprint density at radius 1 is 1.14 bits per heavy atom. The molecule has 0 spiro atoms. The number of rotatable bonds is 3. The third kappa shape index (κ3) is 2.14. The Bertz CT molecular complexity index is 302. The highest BCUT2D eigenvalue weighted by Crippen LogP contribution is 2.45. The Morgan fingerprint density at radius 2 is 1.71 bits per heavy atom. The van der Waals surface area contributed by atoms with Crippen molar-refractivity contribution in [1.82, 2.24) is 0 Å². The molecular formula is C11H11BrF2. The van der Waals surface area contributed by atoms with Crippen LogP contribution in [-0.2, 0) is 0 Å². The first kappa shape index (κ1) is 10.1. The van der Waals surface area contributed by atoms with E-state index in [9.17, 15) is 8.78 Å². The van der Waals surface area contributed by atoms with Crippen LogP contribution in [0.3, 0.4) is 0 Å². The second-order valence-electron chi connectivity index (χ2n) is 3.75. The monoisotopic (exact) mass is 260 g/mol. The van der Waals surface area contributed by atoms with Gasteiger partial charge in [-0.3, -0.25) is 0 Å². The molecule has 0 N–H and O–H groups in total. The molecule has 1 fully saturated rings. The first-order chi connectivity index (χ1) is 6.68. The summed E-state index contributed by atoms with van der Waals surface area (Å²) in [6.07, 6.45) is -0.334. The van der Waals surface area contributed by atoms with Gasteiger partial charge in [-0.05, 0) is 36.5 Å². The van der Waals surface area contributed by atoms with Crippen molar-refractivity contribution in [3.63, 3.8) is 0 Å². The predicted molar refractivity (Wildman–Crippen MR) is 55.6 cm³/mol. The van der Waals surface area contributed by atoms with E-state index in [1.54, 1.807) is 12.1 Å². The van der Waals surface area contributed by atoms with E-state index in [0.717, 1.165) is 22.9 Å². The van der Waals surface area contributed by atoms with E-state index >= 15 is 0 Å². The molecule has 3 heteroatoms. The topological polar surface area (TPSA) is 0 Å². The highest BCUT2D eigenvalue weighted by molar-refractivity contribution is 9.10. The number of benzene rings is 1. The van der Waals surface area contributed by atoms with Crippen LogP contribution in [-0.4, -0.2) is 6.43 Å². The molecule has 0 heterocycles. The summed E-state index contributed by atoms with van der Waals surface area (Å²) in [5, 5.41) is 0. The highest BCUT2D eigenvalue weighted by atomic mass is 79.9. The molecule has 0 saturated heterocycles. The number of alkyl halides is 2. The van der Waals surface area contributed by atoms with Crippen molar-refractivity contribution >= 4 is 15.9 Å². The van der Waals surface area contributed by atoms with Gasteiger partial charge in [-0.15, -0.1) is 0 Å². The van der Waals surface area contributed by atoms with Crippen molar-refractivity contribution in [3.8, 4) is 0 Å². The lowest BCUT2D eigenvalue weighted by Gasteiger charge is -2.15. The van der Waals surface area contributed by atoms with E-state index in [-0.39, 0.29) is 5.92 Å². The van der Waals surface area contributed by atoms with Gasteiger partial charge in [0, 0.05) is 10.4 Å². The molecule has 0 bridgehead atoms. The van der Waals surface area contributed by atoms with Gasteiger partial charge in [-0.1, -0.05) is 28.1 Å². The van der Waals surface area contributed by atoms with E-state index in [0.29, 0.717) is 0 Å². The van der Waals surface area contributed by atoms with Crippen LogP contribution < -0.4 is 0 Å². The smallest absolute Gasteiger partial charge is 0.210 e. The molecule has 1 aliphatic rings. The molecule has 0 aromatic heterocycles. The molecule has 0 radical (unpaired) electrons. The Labute approximate surface area is 90.4 Å².